The standard InChI is InChI=1S/C17H19N3O3/c1-3-5-16(21)20-14-12-13(17-18-8-9-19-17)6-7-15(14)23-11-10-22-4-2/h6-9,12H,4,10-11H2,1-2H3,(H,18,19)(H,20,21). The molecule has 0 atom stereocenters. The van der Waals surface area contributed by atoms with Crippen LogP contribution in [0.4, 0.5) is 5.69 Å². The second kappa shape index (κ2) is 8.61. The number of ether oxygens (including phenoxy) is 2. The van der Waals surface area contributed by atoms with E-state index in [1.165, 1.54) is 0 Å². The molecule has 2 N–H and O–H groups in total. The van der Waals surface area contributed by atoms with E-state index in [1.54, 1.807) is 31.5 Å². The summed E-state index contributed by atoms with van der Waals surface area (Å²) < 4.78 is 10.9. The van der Waals surface area contributed by atoms with Crippen LogP contribution in [-0.4, -0.2) is 35.7 Å². The lowest BCUT2D eigenvalue weighted by molar-refractivity contribution is -0.111. The summed E-state index contributed by atoms with van der Waals surface area (Å²) >= 11 is 0. The van der Waals surface area contributed by atoms with Gasteiger partial charge in [-0.1, -0.05) is 5.92 Å². The number of anilines is 1. The summed E-state index contributed by atoms with van der Waals surface area (Å²) in [6.07, 6.45) is 3.41. The maximum absolute atomic E-state index is 11.8. The van der Waals surface area contributed by atoms with Gasteiger partial charge >= 0.3 is 0 Å². The topological polar surface area (TPSA) is 76.2 Å². The lowest BCUT2D eigenvalue weighted by Crippen LogP contribution is -2.12. The molecule has 1 amide bonds. The Bertz CT molecular complexity index is 700. The van der Waals surface area contributed by atoms with Crippen LogP contribution in [0.5, 0.6) is 5.75 Å². The number of hydrogen-bond acceptors (Lipinski definition) is 4. The molecule has 0 unspecified atom stereocenters. The monoisotopic (exact) mass is 313 g/mol. The number of carbonyl (C=O) groups is 1. The van der Waals surface area contributed by atoms with E-state index in [1.807, 2.05) is 13.0 Å². The molecule has 0 bridgehead atoms. The highest BCUT2D eigenvalue weighted by Crippen LogP contribution is 2.29. The Kier molecular flexibility index (Phi) is 6.21. The molecule has 0 saturated carbocycles. The SMILES string of the molecule is CC#CC(=O)Nc1cc(-c2ncc[nH]2)ccc1OCCOCC. The highest BCUT2D eigenvalue weighted by atomic mass is 16.5. The highest BCUT2D eigenvalue weighted by Gasteiger charge is 2.10. The molecule has 0 spiro atoms. The Morgan fingerprint density at radius 3 is 2.96 bits per heavy atom. The molecular formula is C17H19N3O3. The molecule has 6 nitrogen and oxygen atoms in total. The van der Waals surface area contributed by atoms with Crippen LogP contribution in [0, 0.1) is 11.8 Å². The number of aromatic amines is 1. The van der Waals surface area contributed by atoms with E-state index in [-0.39, 0.29) is 0 Å². The van der Waals surface area contributed by atoms with E-state index in [0.29, 0.717) is 37.1 Å². The third-order valence-electron chi connectivity index (χ3n) is 2.93. The average molecular weight is 313 g/mol. The van der Waals surface area contributed by atoms with E-state index in [0.717, 1.165) is 5.56 Å². The maximum atomic E-state index is 11.8. The third-order valence-corrected chi connectivity index (χ3v) is 2.93. The quantitative estimate of drug-likeness (QED) is 0.608. The van der Waals surface area contributed by atoms with Crippen molar-refractivity contribution in [3.8, 4) is 29.0 Å². The first kappa shape index (κ1) is 16.6. The number of nitrogens with one attached hydrogen (secondary N) is 2. The van der Waals surface area contributed by atoms with Crippen LogP contribution in [0.15, 0.2) is 30.6 Å². The van der Waals surface area contributed by atoms with Gasteiger partial charge in [-0.15, -0.1) is 0 Å². The van der Waals surface area contributed by atoms with Gasteiger partial charge in [0, 0.05) is 24.6 Å². The van der Waals surface area contributed by atoms with Crippen LogP contribution in [-0.2, 0) is 9.53 Å². The zero-order chi connectivity index (χ0) is 16.5. The number of nitrogens with zero attached hydrogens (tertiary/aromatic N) is 1. The van der Waals surface area contributed by atoms with Gasteiger partial charge in [-0.05, 0) is 38.0 Å². The van der Waals surface area contributed by atoms with Crippen LogP contribution in [0.25, 0.3) is 11.4 Å². The molecule has 0 aliphatic carbocycles. The minimum Gasteiger partial charge on any atom is -0.489 e. The summed E-state index contributed by atoms with van der Waals surface area (Å²) in [6.45, 7) is 5.05. The number of carbonyl (C=O) groups excluding carboxylic acids is 1. The van der Waals surface area contributed by atoms with Gasteiger partial charge in [0.1, 0.15) is 18.2 Å². The summed E-state index contributed by atoms with van der Waals surface area (Å²) in [5.74, 6) is 5.90. The molecule has 0 radical (unpaired) electrons. The second-order valence-electron chi connectivity index (χ2n) is 4.52. The van der Waals surface area contributed by atoms with E-state index in [4.69, 9.17) is 9.47 Å². The highest BCUT2D eigenvalue weighted by molar-refractivity contribution is 6.05. The summed E-state index contributed by atoms with van der Waals surface area (Å²) in [5, 5.41) is 2.73. The maximum Gasteiger partial charge on any atom is 0.300 e. The van der Waals surface area contributed by atoms with E-state index < -0.39 is 5.91 Å². The van der Waals surface area contributed by atoms with Crippen molar-refractivity contribution in [2.45, 2.75) is 13.8 Å². The Morgan fingerprint density at radius 1 is 1.39 bits per heavy atom. The Morgan fingerprint density at radius 2 is 2.26 bits per heavy atom. The summed E-state index contributed by atoms with van der Waals surface area (Å²) in [6, 6.07) is 5.46. The largest absolute Gasteiger partial charge is 0.489 e. The van der Waals surface area contributed by atoms with E-state index in [9.17, 15) is 4.79 Å². The fourth-order valence-corrected chi connectivity index (χ4v) is 1.95. The molecular weight excluding hydrogens is 294 g/mol. The molecule has 0 saturated heterocycles. The van der Waals surface area contributed by atoms with Gasteiger partial charge < -0.3 is 19.8 Å². The predicted octanol–water partition coefficient (Wildman–Crippen LogP) is 2.45. The fraction of sp³-hybridized carbons (Fsp3) is 0.294. The van der Waals surface area contributed by atoms with Gasteiger partial charge in [0.2, 0.25) is 0 Å². The Labute approximate surface area is 135 Å². The molecule has 0 fully saturated rings. The third kappa shape index (κ3) is 4.87. The number of imidazole rings is 1. The summed E-state index contributed by atoms with van der Waals surface area (Å²) in [5.41, 5.74) is 1.38. The molecule has 120 valence electrons. The van der Waals surface area contributed by atoms with Crippen molar-refractivity contribution >= 4 is 11.6 Å². The number of benzene rings is 1. The molecule has 0 aliphatic rings. The summed E-state index contributed by atoms with van der Waals surface area (Å²) in [7, 11) is 0. The normalized spacial score (nSPS) is 9.83. The molecule has 2 rings (SSSR count). The van der Waals surface area contributed by atoms with E-state index in [2.05, 4.69) is 27.1 Å². The van der Waals surface area contributed by atoms with Crippen LogP contribution in [0.3, 0.4) is 0 Å². The molecule has 1 aromatic carbocycles. The minimum atomic E-state index is -0.390. The zero-order valence-electron chi connectivity index (χ0n) is 13.2. The first-order valence-corrected chi connectivity index (χ1v) is 7.32. The first-order chi connectivity index (χ1) is 11.2. The summed E-state index contributed by atoms with van der Waals surface area (Å²) in [4.78, 5) is 19.0. The number of hydrogen-bond donors (Lipinski definition) is 2. The Hall–Kier alpha value is -2.78. The molecule has 2 aromatic rings. The van der Waals surface area contributed by atoms with E-state index >= 15 is 0 Å². The smallest absolute Gasteiger partial charge is 0.300 e. The van der Waals surface area contributed by atoms with Crippen molar-refractivity contribution in [1.29, 1.82) is 0 Å². The lowest BCUT2D eigenvalue weighted by atomic mass is 10.1. The number of amides is 1. The average Bonchev–Trinajstić information content (AvgIpc) is 3.07. The Balaban J connectivity index is 2.21. The molecule has 1 heterocycles. The van der Waals surface area contributed by atoms with Gasteiger partial charge in [0.25, 0.3) is 5.91 Å². The number of H-pyrrole nitrogens is 1. The van der Waals surface area contributed by atoms with Gasteiger partial charge in [-0.2, -0.15) is 0 Å². The lowest BCUT2D eigenvalue weighted by Gasteiger charge is -2.12. The predicted molar refractivity (Wildman–Crippen MR) is 88.1 cm³/mol. The molecule has 23 heavy (non-hydrogen) atoms. The van der Waals surface area contributed by atoms with Crippen LogP contribution < -0.4 is 10.1 Å². The molecule has 0 aliphatic heterocycles. The van der Waals surface area contributed by atoms with Gasteiger partial charge in [-0.3, -0.25) is 4.79 Å². The van der Waals surface area contributed by atoms with Crippen LogP contribution >= 0.6 is 0 Å². The molecule has 1 aromatic heterocycles. The molecule has 6 heteroatoms. The fourth-order valence-electron chi connectivity index (χ4n) is 1.95. The van der Waals surface area contributed by atoms with Gasteiger partial charge in [-0.25, -0.2) is 4.98 Å². The van der Waals surface area contributed by atoms with Crippen molar-refractivity contribution in [3.63, 3.8) is 0 Å². The van der Waals surface area contributed by atoms with Crippen LogP contribution in [0.1, 0.15) is 13.8 Å². The van der Waals surface area contributed by atoms with Gasteiger partial charge in [0.05, 0.1) is 12.3 Å². The second-order valence-corrected chi connectivity index (χ2v) is 4.52. The minimum absolute atomic E-state index is 0.390. The van der Waals surface area contributed by atoms with Gasteiger partial charge in [0.15, 0.2) is 0 Å². The first-order valence-electron chi connectivity index (χ1n) is 7.32. The number of rotatable bonds is 7. The number of aromatic nitrogens is 2. The van der Waals surface area contributed by atoms with Crippen molar-refractivity contribution in [1.82, 2.24) is 9.97 Å². The zero-order valence-corrected chi connectivity index (χ0v) is 13.2. The van der Waals surface area contributed by atoms with Crippen molar-refractivity contribution in [3.05, 3.63) is 30.6 Å². The van der Waals surface area contributed by atoms with Crippen LogP contribution in [0.2, 0.25) is 0 Å². The van der Waals surface area contributed by atoms with Crippen molar-refractivity contribution in [2.75, 3.05) is 25.1 Å². The van der Waals surface area contributed by atoms with Crippen molar-refractivity contribution < 1.29 is 14.3 Å². The van der Waals surface area contributed by atoms with Crippen molar-refractivity contribution in [2.24, 2.45) is 0 Å².